The van der Waals surface area contributed by atoms with Crippen LogP contribution in [0.2, 0.25) is 0 Å². The Bertz CT molecular complexity index is 257. The Balaban J connectivity index is 2.40. The second kappa shape index (κ2) is 5.83. The van der Waals surface area contributed by atoms with E-state index in [1.54, 1.807) is 0 Å². The van der Waals surface area contributed by atoms with Crippen LogP contribution in [0.1, 0.15) is 46.5 Å². The quantitative estimate of drug-likeness (QED) is 0.651. The van der Waals surface area contributed by atoms with Crippen molar-refractivity contribution in [1.29, 1.82) is 0 Å². The Morgan fingerprint density at radius 3 is 2.47 bits per heavy atom. The molecular weight excluding hydrogens is 216 g/mol. The minimum absolute atomic E-state index is 0.00439. The van der Waals surface area contributed by atoms with Crippen LogP contribution in [0.25, 0.3) is 0 Å². The molecule has 2 atom stereocenters. The molecule has 1 aliphatic rings. The van der Waals surface area contributed by atoms with Crippen molar-refractivity contribution in [3.05, 3.63) is 0 Å². The lowest BCUT2D eigenvalue weighted by Gasteiger charge is -2.31. The van der Waals surface area contributed by atoms with Crippen LogP contribution >= 0.6 is 0 Å². The van der Waals surface area contributed by atoms with E-state index in [2.05, 4.69) is 26.1 Å². The molecule has 17 heavy (non-hydrogen) atoms. The third-order valence-corrected chi connectivity index (χ3v) is 3.45. The summed E-state index contributed by atoms with van der Waals surface area (Å²) in [6.07, 6.45) is 3.32. The Morgan fingerprint density at radius 1 is 1.47 bits per heavy atom. The monoisotopic (exact) mass is 242 g/mol. The molecule has 0 bridgehead atoms. The van der Waals surface area contributed by atoms with E-state index in [1.807, 2.05) is 0 Å². The van der Waals surface area contributed by atoms with E-state index in [-0.39, 0.29) is 30.0 Å². The zero-order chi connectivity index (χ0) is 13.1. The molecule has 4 heteroatoms. The van der Waals surface area contributed by atoms with Crippen molar-refractivity contribution in [2.75, 3.05) is 6.61 Å². The summed E-state index contributed by atoms with van der Waals surface area (Å²) in [6.45, 7) is 6.29. The molecular formula is C13H26N2O2. The van der Waals surface area contributed by atoms with Crippen LogP contribution in [0.5, 0.6) is 0 Å². The molecule has 0 aromatic carbocycles. The maximum Gasteiger partial charge on any atom is 0.221 e. The second-order valence-corrected chi connectivity index (χ2v) is 6.20. The second-order valence-electron chi connectivity index (χ2n) is 6.20. The summed E-state index contributed by atoms with van der Waals surface area (Å²) in [6, 6.07) is 0.0103. The average molecular weight is 242 g/mol. The molecule has 0 spiro atoms. The molecule has 100 valence electrons. The van der Waals surface area contributed by atoms with Crippen LogP contribution in [0.4, 0.5) is 0 Å². The van der Waals surface area contributed by atoms with Gasteiger partial charge in [0.25, 0.3) is 0 Å². The fraction of sp³-hybridized carbons (Fsp3) is 0.923. The van der Waals surface area contributed by atoms with Gasteiger partial charge in [0, 0.05) is 25.1 Å². The van der Waals surface area contributed by atoms with Gasteiger partial charge in [-0.15, -0.1) is 0 Å². The lowest BCUT2D eigenvalue weighted by Crippen LogP contribution is -2.46. The van der Waals surface area contributed by atoms with Crippen LogP contribution in [0.3, 0.4) is 0 Å². The third kappa shape index (κ3) is 5.04. The summed E-state index contributed by atoms with van der Waals surface area (Å²) in [4.78, 5) is 11.8. The first kappa shape index (κ1) is 14.5. The molecule has 2 unspecified atom stereocenters. The van der Waals surface area contributed by atoms with Crippen molar-refractivity contribution in [2.45, 2.75) is 58.5 Å². The molecule has 0 aliphatic heterocycles. The number of nitrogens with one attached hydrogen (secondary N) is 1. The first-order chi connectivity index (χ1) is 7.84. The normalized spacial score (nSPS) is 19.8. The van der Waals surface area contributed by atoms with E-state index in [9.17, 15) is 4.79 Å². The van der Waals surface area contributed by atoms with Crippen molar-refractivity contribution in [1.82, 2.24) is 5.32 Å². The molecule has 0 heterocycles. The topological polar surface area (TPSA) is 75.3 Å². The van der Waals surface area contributed by atoms with E-state index in [0.29, 0.717) is 18.8 Å². The van der Waals surface area contributed by atoms with E-state index in [0.717, 1.165) is 12.8 Å². The summed E-state index contributed by atoms with van der Waals surface area (Å²) in [5, 5.41) is 12.0. The predicted octanol–water partition coefficient (Wildman–Crippen LogP) is 1.03. The number of rotatable bonds is 6. The maximum atomic E-state index is 11.8. The number of amides is 1. The Hall–Kier alpha value is -0.610. The minimum atomic E-state index is -0.0396. The highest BCUT2D eigenvalue weighted by Gasteiger charge is 2.31. The van der Waals surface area contributed by atoms with Gasteiger partial charge in [0.15, 0.2) is 0 Å². The number of nitrogens with two attached hydrogens (primary N) is 1. The average Bonchev–Trinajstić information content (AvgIpc) is 2.98. The molecule has 1 rings (SSSR count). The summed E-state index contributed by atoms with van der Waals surface area (Å²) in [5.74, 6) is 0.560. The van der Waals surface area contributed by atoms with Crippen LogP contribution in [0, 0.1) is 11.3 Å². The maximum absolute atomic E-state index is 11.8. The molecule has 1 fully saturated rings. The summed E-state index contributed by atoms with van der Waals surface area (Å²) in [7, 11) is 0. The number of aliphatic hydroxyl groups is 1. The minimum Gasteiger partial charge on any atom is -0.396 e. The SMILES string of the molecule is CC(C)(C)C(CCO)NC(=O)CC(N)C1CC1. The van der Waals surface area contributed by atoms with Gasteiger partial charge < -0.3 is 16.2 Å². The molecule has 1 aliphatic carbocycles. The number of hydrogen-bond donors (Lipinski definition) is 3. The number of hydrogen-bond acceptors (Lipinski definition) is 3. The van der Waals surface area contributed by atoms with Crippen molar-refractivity contribution >= 4 is 5.91 Å². The molecule has 4 nitrogen and oxygen atoms in total. The molecule has 0 aromatic rings. The molecule has 4 N–H and O–H groups in total. The van der Waals surface area contributed by atoms with Gasteiger partial charge in [-0.25, -0.2) is 0 Å². The molecule has 0 saturated heterocycles. The van der Waals surface area contributed by atoms with E-state index in [4.69, 9.17) is 10.8 Å². The summed E-state index contributed by atoms with van der Waals surface area (Å²) >= 11 is 0. The van der Waals surface area contributed by atoms with Crippen molar-refractivity contribution in [3.8, 4) is 0 Å². The van der Waals surface area contributed by atoms with Crippen molar-refractivity contribution in [2.24, 2.45) is 17.1 Å². The van der Waals surface area contributed by atoms with Crippen molar-refractivity contribution < 1.29 is 9.90 Å². The standard InChI is InChI=1S/C13H26N2O2/c1-13(2,3)11(6-7-16)15-12(17)8-10(14)9-4-5-9/h9-11,16H,4-8,14H2,1-3H3,(H,15,17). The first-order valence-corrected chi connectivity index (χ1v) is 6.50. The highest BCUT2D eigenvalue weighted by Crippen LogP contribution is 2.32. The predicted molar refractivity (Wildman–Crippen MR) is 68.4 cm³/mol. The molecule has 1 saturated carbocycles. The van der Waals surface area contributed by atoms with Gasteiger partial charge in [0.2, 0.25) is 5.91 Å². The molecule has 1 amide bonds. The smallest absolute Gasteiger partial charge is 0.221 e. The van der Waals surface area contributed by atoms with Gasteiger partial charge >= 0.3 is 0 Å². The van der Waals surface area contributed by atoms with Gasteiger partial charge in [-0.3, -0.25) is 4.79 Å². The number of aliphatic hydroxyl groups excluding tert-OH is 1. The lowest BCUT2D eigenvalue weighted by atomic mass is 9.84. The van der Waals surface area contributed by atoms with E-state index >= 15 is 0 Å². The van der Waals surface area contributed by atoms with Crippen LogP contribution in [-0.2, 0) is 4.79 Å². The van der Waals surface area contributed by atoms with Crippen molar-refractivity contribution in [3.63, 3.8) is 0 Å². The van der Waals surface area contributed by atoms with Gasteiger partial charge in [-0.2, -0.15) is 0 Å². The fourth-order valence-corrected chi connectivity index (χ4v) is 2.01. The molecule has 0 aromatic heterocycles. The Labute approximate surface area is 104 Å². The first-order valence-electron chi connectivity index (χ1n) is 6.50. The summed E-state index contributed by atoms with van der Waals surface area (Å²) < 4.78 is 0. The fourth-order valence-electron chi connectivity index (χ4n) is 2.01. The lowest BCUT2D eigenvalue weighted by molar-refractivity contribution is -0.123. The third-order valence-electron chi connectivity index (χ3n) is 3.45. The highest BCUT2D eigenvalue weighted by atomic mass is 16.3. The van der Waals surface area contributed by atoms with Gasteiger partial charge in [0.1, 0.15) is 0 Å². The van der Waals surface area contributed by atoms with Crippen LogP contribution < -0.4 is 11.1 Å². The Morgan fingerprint density at radius 2 is 2.06 bits per heavy atom. The van der Waals surface area contributed by atoms with Crippen LogP contribution in [0.15, 0.2) is 0 Å². The molecule has 0 radical (unpaired) electrons. The van der Waals surface area contributed by atoms with Gasteiger partial charge in [-0.05, 0) is 30.6 Å². The van der Waals surface area contributed by atoms with Gasteiger partial charge in [-0.1, -0.05) is 20.8 Å². The van der Waals surface area contributed by atoms with E-state index in [1.165, 1.54) is 0 Å². The largest absolute Gasteiger partial charge is 0.396 e. The van der Waals surface area contributed by atoms with E-state index < -0.39 is 0 Å². The number of carbonyl (C=O) groups excluding carboxylic acids is 1. The van der Waals surface area contributed by atoms with Crippen LogP contribution in [-0.4, -0.2) is 29.7 Å². The Kier molecular flexibility index (Phi) is 4.95. The summed E-state index contributed by atoms with van der Waals surface area (Å²) in [5.41, 5.74) is 5.89. The zero-order valence-corrected chi connectivity index (χ0v) is 11.2. The number of carbonyl (C=O) groups is 1. The highest BCUT2D eigenvalue weighted by molar-refractivity contribution is 5.77. The zero-order valence-electron chi connectivity index (χ0n) is 11.2. The van der Waals surface area contributed by atoms with Gasteiger partial charge in [0.05, 0.1) is 0 Å².